The second-order valence-corrected chi connectivity index (χ2v) is 4.38. The number of nitrogens with one attached hydrogen (secondary N) is 2. The number of carbonyl (C=O) groups is 3. The summed E-state index contributed by atoms with van der Waals surface area (Å²) in [5.74, 6) is -0.876. The molecular formula is C10H18N2O5S. The number of thioether (sulfide) groups is 1. The molecule has 8 heteroatoms. The molecule has 104 valence electrons. The van der Waals surface area contributed by atoms with E-state index in [4.69, 9.17) is 5.11 Å². The van der Waals surface area contributed by atoms with Gasteiger partial charge in [-0.2, -0.15) is 11.8 Å². The summed E-state index contributed by atoms with van der Waals surface area (Å²) in [6.07, 6.45) is 2.25. The van der Waals surface area contributed by atoms with Gasteiger partial charge < -0.3 is 20.5 Å². The number of hydrogen-bond acceptors (Lipinski definition) is 5. The van der Waals surface area contributed by atoms with Crippen molar-refractivity contribution < 1.29 is 24.2 Å². The highest BCUT2D eigenvalue weighted by Gasteiger charge is 2.19. The lowest BCUT2D eigenvalue weighted by molar-refractivity contribution is -0.141. The normalized spacial score (nSPS) is 11.4. The van der Waals surface area contributed by atoms with Crippen molar-refractivity contribution in [2.45, 2.75) is 18.9 Å². The molecule has 0 saturated carbocycles. The van der Waals surface area contributed by atoms with Crippen LogP contribution in [0.2, 0.25) is 0 Å². The Morgan fingerprint density at radius 1 is 1.39 bits per heavy atom. The van der Waals surface area contributed by atoms with E-state index >= 15 is 0 Å². The molecule has 0 rings (SSSR count). The first-order chi connectivity index (χ1) is 8.51. The van der Waals surface area contributed by atoms with E-state index < -0.39 is 24.0 Å². The van der Waals surface area contributed by atoms with Gasteiger partial charge in [-0.15, -0.1) is 0 Å². The van der Waals surface area contributed by atoms with Gasteiger partial charge in [0.1, 0.15) is 6.04 Å². The number of aliphatic carboxylic acids is 1. The van der Waals surface area contributed by atoms with Gasteiger partial charge in [-0.05, 0) is 18.4 Å². The molecule has 0 aliphatic carbocycles. The zero-order chi connectivity index (χ0) is 14.0. The van der Waals surface area contributed by atoms with Crippen molar-refractivity contribution in [3.8, 4) is 0 Å². The minimum Gasteiger partial charge on any atom is -0.480 e. The van der Waals surface area contributed by atoms with E-state index in [1.807, 2.05) is 6.26 Å². The fraction of sp³-hybridized carbons (Fsp3) is 0.700. The van der Waals surface area contributed by atoms with Gasteiger partial charge >= 0.3 is 18.0 Å². The number of ether oxygens (including phenoxy) is 1. The molecule has 0 heterocycles. The van der Waals surface area contributed by atoms with Crippen LogP contribution in [0.15, 0.2) is 0 Å². The maximum absolute atomic E-state index is 11.3. The van der Waals surface area contributed by atoms with Gasteiger partial charge in [-0.25, -0.2) is 9.59 Å². The van der Waals surface area contributed by atoms with Crippen molar-refractivity contribution in [1.29, 1.82) is 0 Å². The minimum atomic E-state index is -1.08. The van der Waals surface area contributed by atoms with Crippen LogP contribution in [0.3, 0.4) is 0 Å². The molecule has 18 heavy (non-hydrogen) atoms. The molecule has 0 saturated heterocycles. The molecule has 2 amide bonds. The first-order valence-corrected chi connectivity index (χ1v) is 6.73. The number of carboxylic acids is 1. The maximum atomic E-state index is 11.3. The predicted octanol–water partition coefficient (Wildman–Crippen LogP) is 0.0550. The smallest absolute Gasteiger partial charge is 0.326 e. The van der Waals surface area contributed by atoms with Gasteiger partial charge in [0.05, 0.1) is 13.5 Å². The van der Waals surface area contributed by atoms with Crippen LogP contribution in [0.1, 0.15) is 12.8 Å². The largest absolute Gasteiger partial charge is 0.480 e. The van der Waals surface area contributed by atoms with E-state index in [-0.39, 0.29) is 13.0 Å². The third-order valence-corrected chi connectivity index (χ3v) is 2.70. The molecule has 0 aliphatic heterocycles. The summed E-state index contributed by atoms with van der Waals surface area (Å²) in [4.78, 5) is 33.0. The molecule has 0 fully saturated rings. The SMILES string of the molecule is COC(=O)CCNC(=O)N[C@@H](CCSC)C(=O)O. The van der Waals surface area contributed by atoms with Gasteiger partial charge in [0.15, 0.2) is 0 Å². The third kappa shape index (κ3) is 7.77. The van der Waals surface area contributed by atoms with Crippen LogP contribution in [0.5, 0.6) is 0 Å². The number of rotatable bonds is 8. The van der Waals surface area contributed by atoms with Crippen LogP contribution in [0.25, 0.3) is 0 Å². The quantitative estimate of drug-likeness (QED) is 0.542. The Morgan fingerprint density at radius 2 is 2.06 bits per heavy atom. The molecule has 0 bridgehead atoms. The topological polar surface area (TPSA) is 105 Å². The second-order valence-electron chi connectivity index (χ2n) is 3.40. The summed E-state index contributed by atoms with van der Waals surface area (Å²) in [6, 6.07) is -1.53. The number of esters is 1. The minimum absolute atomic E-state index is 0.0481. The van der Waals surface area contributed by atoms with E-state index in [0.29, 0.717) is 12.2 Å². The lowest BCUT2D eigenvalue weighted by atomic mass is 10.2. The van der Waals surface area contributed by atoms with Gasteiger partial charge in [0.2, 0.25) is 0 Å². The summed E-state index contributed by atoms with van der Waals surface area (Å²) in [7, 11) is 1.26. The monoisotopic (exact) mass is 278 g/mol. The number of urea groups is 1. The number of amides is 2. The third-order valence-electron chi connectivity index (χ3n) is 2.06. The lowest BCUT2D eigenvalue weighted by Gasteiger charge is -2.14. The van der Waals surface area contributed by atoms with Crippen LogP contribution in [-0.4, -0.2) is 54.8 Å². The Balaban J connectivity index is 3.94. The fourth-order valence-corrected chi connectivity index (χ4v) is 1.55. The molecule has 0 aromatic rings. The first-order valence-electron chi connectivity index (χ1n) is 5.34. The molecule has 0 aliphatic rings. The van der Waals surface area contributed by atoms with E-state index in [0.717, 1.165) is 0 Å². The highest BCUT2D eigenvalue weighted by molar-refractivity contribution is 7.98. The Labute approximate surface area is 110 Å². The predicted molar refractivity (Wildman–Crippen MR) is 67.6 cm³/mol. The Morgan fingerprint density at radius 3 is 2.56 bits per heavy atom. The van der Waals surface area contributed by atoms with Gasteiger partial charge in [-0.1, -0.05) is 0 Å². The van der Waals surface area contributed by atoms with Crippen molar-refractivity contribution in [2.75, 3.05) is 25.7 Å². The standard InChI is InChI=1S/C10H18N2O5S/c1-17-8(13)3-5-11-10(16)12-7(9(14)15)4-6-18-2/h7H,3-6H2,1-2H3,(H,14,15)(H2,11,12,16)/t7-/m0/s1. The molecule has 0 unspecified atom stereocenters. The molecule has 0 aromatic heterocycles. The molecule has 0 spiro atoms. The van der Waals surface area contributed by atoms with Crippen molar-refractivity contribution in [1.82, 2.24) is 10.6 Å². The van der Waals surface area contributed by atoms with E-state index in [1.165, 1.54) is 18.9 Å². The van der Waals surface area contributed by atoms with Crippen molar-refractivity contribution in [3.05, 3.63) is 0 Å². The summed E-state index contributed by atoms with van der Waals surface area (Å²) in [6.45, 7) is 0.105. The number of carboxylic acid groups (broad SMARTS) is 1. The van der Waals surface area contributed by atoms with Crippen LogP contribution in [0, 0.1) is 0 Å². The van der Waals surface area contributed by atoms with Crippen LogP contribution in [-0.2, 0) is 14.3 Å². The first kappa shape index (κ1) is 16.6. The lowest BCUT2D eigenvalue weighted by Crippen LogP contribution is -2.46. The van der Waals surface area contributed by atoms with Crippen molar-refractivity contribution >= 4 is 29.7 Å². The summed E-state index contributed by atoms with van der Waals surface area (Å²) in [5, 5.41) is 13.6. The highest BCUT2D eigenvalue weighted by atomic mass is 32.2. The van der Waals surface area contributed by atoms with Gasteiger partial charge in [-0.3, -0.25) is 4.79 Å². The van der Waals surface area contributed by atoms with E-state index in [2.05, 4.69) is 15.4 Å². The zero-order valence-corrected chi connectivity index (χ0v) is 11.2. The average Bonchev–Trinajstić information content (AvgIpc) is 2.33. The molecule has 7 nitrogen and oxygen atoms in total. The molecule has 3 N–H and O–H groups in total. The van der Waals surface area contributed by atoms with Crippen LogP contribution >= 0.6 is 11.8 Å². The number of carbonyl (C=O) groups excluding carboxylic acids is 2. The Hall–Kier alpha value is -1.44. The highest BCUT2D eigenvalue weighted by Crippen LogP contribution is 2.00. The average molecular weight is 278 g/mol. The van der Waals surface area contributed by atoms with Crippen molar-refractivity contribution in [3.63, 3.8) is 0 Å². The summed E-state index contributed by atoms with van der Waals surface area (Å²) in [5.41, 5.74) is 0. The molecule has 1 atom stereocenters. The fourth-order valence-electron chi connectivity index (χ4n) is 1.08. The second kappa shape index (κ2) is 9.58. The Kier molecular flexibility index (Phi) is 8.81. The van der Waals surface area contributed by atoms with Gasteiger partial charge in [0, 0.05) is 6.54 Å². The molecule has 0 radical (unpaired) electrons. The number of methoxy groups -OCH3 is 1. The van der Waals surface area contributed by atoms with Crippen LogP contribution < -0.4 is 10.6 Å². The van der Waals surface area contributed by atoms with Gasteiger partial charge in [0.25, 0.3) is 0 Å². The number of hydrogen-bond donors (Lipinski definition) is 3. The summed E-state index contributed by atoms with van der Waals surface area (Å²) >= 11 is 1.50. The maximum Gasteiger partial charge on any atom is 0.326 e. The summed E-state index contributed by atoms with van der Waals surface area (Å²) < 4.78 is 4.40. The van der Waals surface area contributed by atoms with Crippen molar-refractivity contribution in [2.24, 2.45) is 0 Å². The Bertz CT molecular complexity index is 298. The van der Waals surface area contributed by atoms with E-state index in [9.17, 15) is 14.4 Å². The van der Waals surface area contributed by atoms with E-state index in [1.54, 1.807) is 0 Å². The zero-order valence-electron chi connectivity index (χ0n) is 10.4. The molecule has 0 aromatic carbocycles. The van der Waals surface area contributed by atoms with Crippen LogP contribution in [0.4, 0.5) is 4.79 Å². The molecular weight excluding hydrogens is 260 g/mol.